The lowest BCUT2D eigenvalue weighted by Gasteiger charge is -2.12. The van der Waals surface area contributed by atoms with Gasteiger partial charge in [-0.1, -0.05) is 22.9 Å². The van der Waals surface area contributed by atoms with Crippen molar-refractivity contribution in [2.75, 3.05) is 37.9 Å². The van der Waals surface area contributed by atoms with Crippen LogP contribution in [0.4, 0.5) is 11.4 Å². The Morgan fingerprint density at radius 3 is 2.72 bits per heavy atom. The molecule has 0 saturated carbocycles. The van der Waals surface area contributed by atoms with Crippen molar-refractivity contribution in [3.63, 3.8) is 0 Å². The van der Waals surface area contributed by atoms with Gasteiger partial charge in [0.05, 0.1) is 6.61 Å². The van der Waals surface area contributed by atoms with E-state index in [1.165, 1.54) is 0 Å². The molecule has 0 aliphatic rings. The van der Waals surface area contributed by atoms with Gasteiger partial charge in [-0.05, 0) is 25.6 Å². The van der Waals surface area contributed by atoms with Crippen LogP contribution in [0.5, 0.6) is 0 Å². The highest BCUT2D eigenvalue weighted by Gasteiger charge is 2.06. The molecule has 0 unspecified atom stereocenters. The molecular formula is C13H22BrN3O. The minimum atomic E-state index is 0.712. The average molecular weight is 316 g/mol. The van der Waals surface area contributed by atoms with E-state index in [-0.39, 0.29) is 0 Å². The summed E-state index contributed by atoms with van der Waals surface area (Å²) in [4.78, 5) is 0. The van der Waals surface area contributed by atoms with Crippen molar-refractivity contribution in [3.05, 3.63) is 22.2 Å². The number of nitrogen functional groups attached to an aromatic ring is 1. The molecule has 5 heteroatoms. The second-order valence-corrected chi connectivity index (χ2v) is 4.95. The smallest absolute Gasteiger partial charge is 0.0639 e. The molecule has 1 rings (SSSR count). The molecule has 0 radical (unpaired) electrons. The lowest BCUT2D eigenvalue weighted by molar-refractivity contribution is 0.144. The van der Waals surface area contributed by atoms with Crippen molar-refractivity contribution >= 4 is 27.3 Å². The van der Waals surface area contributed by atoms with Gasteiger partial charge in [0.15, 0.2) is 0 Å². The van der Waals surface area contributed by atoms with Crippen molar-refractivity contribution in [2.45, 2.75) is 19.9 Å². The van der Waals surface area contributed by atoms with E-state index in [1.54, 1.807) is 0 Å². The van der Waals surface area contributed by atoms with Crippen LogP contribution in [0.1, 0.15) is 18.9 Å². The van der Waals surface area contributed by atoms with Crippen molar-refractivity contribution in [2.24, 2.45) is 0 Å². The largest absolute Gasteiger partial charge is 0.398 e. The van der Waals surface area contributed by atoms with E-state index in [9.17, 15) is 0 Å². The van der Waals surface area contributed by atoms with Crippen LogP contribution in [-0.2, 0) is 11.3 Å². The zero-order chi connectivity index (χ0) is 13.4. The summed E-state index contributed by atoms with van der Waals surface area (Å²) in [7, 11) is 1.91. The number of nitrogens with one attached hydrogen (secondary N) is 2. The topological polar surface area (TPSA) is 59.3 Å². The van der Waals surface area contributed by atoms with Gasteiger partial charge in [-0.15, -0.1) is 0 Å². The Bertz CT molecular complexity index is 348. The summed E-state index contributed by atoms with van der Waals surface area (Å²) in [6.45, 7) is 5.17. The van der Waals surface area contributed by atoms with Crippen LogP contribution in [0.25, 0.3) is 0 Å². The monoisotopic (exact) mass is 315 g/mol. The van der Waals surface area contributed by atoms with E-state index in [4.69, 9.17) is 10.5 Å². The number of benzene rings is 1. The maximum Gasteiger partial charge on any atom is 0.0639 e. The summed E-state index contributed by atoms with van der Waals surface area (Å²) >= 11 is 3.54. The van der Waals surface area contributed by atoms with Gasteiger partial charge in [-0.3, -0.25) is 0 Å². The van der Waals surface area contributed by atoms with E-state index >= 15 is 0 Å². The Kier molecular flexibility index (Phi) is 7.08. The summed E-state index contributed by atoms with van der Waals surface area (Å²) in [5.74, 6) is 0. The number of rotatable bonds is 8. The Morgan fingerprint density at radius 1 is 1.33 bits per heavy atom. The first kappa shape index (κ1) is 15.3. The van der Waals surface area contributed by atoms with Gasteiger partial charge in [-0.25, -0.2) is 0 Å². The van der Waals surface area contributed by atoms with Crippen molar-refractivity contribution in [1.82, 2.24) is 5.32 Å². The number of halogens is 1. The molecule has 0 aromatic heterocycles. The van der Waals surface area contributed by atoms with Gasteiger partial charge in [0.2, 0.25) is 0 Å². The van der Waals surface area contributed by atoms with Gasteiger partial charge in [-0.2, -0.15) is 0 Å². The standard InChI is InChI=1S/C13H22BrN3O/c1-3-5-18-6-4-17-10-7-12(14)11(9-16-2)13(15)8-10/h7-8,16-17H,3-6,9,15H2,1-2H3. The molecule has 1 aromatic carbocycles. The maximum absolute atomic E-state index is 6.02. The molecule has 1 aromatic rings. The highest BCUT2D eigenvalue weighted by molar-refractivity contribution is 9.10. The Labute approximate surface area is 117 Å². The molecule has 0 amide bonds. The second-order valence-electron chi connectivity index (χ2n) is 4.10. The molecule has 0 bridgehead atoms. The molecule has 0 aliphatic carbocycles. The molecule has 102 valence electrons. The third-order valence-corrected chi connectivity index (χ3v) is 3.22. The van der Waals surface area contributed by atoms with Crippen LogP contribution in [0.3, 0.4) is 0 Å². The first-order valence-corrected chi connectivity index (χ1v) is 7.02. The average Bonchev–Trinajstić information content (AvgIpc) is 2.33. The first-order chi connectivity index (χ1) is 8.69. The van der Waals surface area contributed by atoms with Gasteiger partial charge >= 0.3 is 0 Å². The van der Waals surface area contributed by atoms with Crippen molar-refractivity contribution in [3.8, 4) is 0 Å². The van der Waals surface area contributed by atoms with E-state index in [0.29, 0.717) is 6.61 Å². The molecule has 0 fully saturated rings. The van der Waals surface area contributed by atoms with E-state index in [2.05, 4.69) is 33.5 Å². The van der Waals surface area contributed by atoms with Crippen LogP contribution >= 0.6 is 15.9 Å². The number of nitrogens with two attached hydrogens (primary N) is 1. The van der Waals surface area contributed by atoms with E-state index in [1.807, 2.05) is 19.2 Å². The molecule has 0 aliphatic heterocycles. The molecule has 0 spiro atoms. The third kappa shape index (κ3) is 4.84. The molecule has 0 saturated heterocycles. The summed E-state index contributed by atoms with van der Waals surface area (Å²) in [5.41, 5.74) is 8.91. The Morgan fingerprint density at radius 2 is 2.11 bits per heavy atom. The van der Waals surface area contributed by atoms with Crippen LogP contribution in [0.15, 0.2) is 16.6 Å². The van der Waals surface area contributed by atoms with Gasteiger partial charge < -0.3 is 21.1 Å². The van der Waals surface area contributed by atoms with Crippen LogP contribution in [0, 0.1) is 0 Å². The summed E-state index contributed by atoms with van der Waals surface area (Å²) in [6, 6.07) is 4.00. The Hall–Kier alpha value is -0.780. The van der Waals surface area contributed by atoms with Crippen molar-refractivity contribution in [1.29, 1.82) is 0 Å². The molecule has 0 heterocycles. The number of anilines is 2. The fourth-order valence-corrected chi connectivity index (χ4v) is 2.25. The zero-order valence-electron chi connectivity index (χ0n) is 11.1. The highest BCUT2D eigenvalue weighted by Crippen LogP contribution is 2.27. The summed E-state index contributed by atoms with van der Waals surface area (Å²) in [5, 5.41) is 6.40. The minimum Gasteiger partial charge on any atom is -0.398 e. The van der Waals surface area contributed by atoms with Crippen LogP contribution in [0.2, 0.25) is 0 Å². The summed E-state index contributed by atoms with van der Waals surface area (Å²) < 4.78 is 6.43. The molecule has 4 N–H and O–H groups in total. The normalized spacial score (nSPS) is 10.6. The minimum absolute atomic E-state index is 0.712. The molecule has 18 heavy (non-hydrogen) atoms. The number of hydrogen-bond donors (Lipinski definition) is 3. The fourth-order valence-electron chi connectivity index (χ4n) is 1.64. The van der Waals surface area contributed by atoms with Gasteiger partial charge in [0.25, 0.3) is 0 Å². The lowest BCUT2D eigenvalue weighted by atomic mass is 10.1. The van der Waals surface area contributed by atoms with Gasteiger partial charge in [0.1, 0.15) is 0 Å². The maximum atomic E-state index is 6.02. The summed E-state index contributed by atoms with van der Waals surface area (Å²) in [6.07, 6.45) is 1.05. The van der Waals surface area contributed by atoms with Gasteiger partial charge in [0, 0.05) is 41.1 Å². The molecule has 4 nitrogen and oxygen atoms in total. The van der Waals surface area contributed by atoms with Crippen LogP contribution < -0.4 is 16.4 Å². The molecule has 0 atom stereocenters. The molecular weight excluding hydrogens is 294 g/mol. The quantitative estimate of drug-likeness (QED) is 0.510. The van der Waals surface area contributed by atoms with E-state index in [0.717, 1.165) is 47.5 Å². The number of ether oxygens (including phenoxy) is 1. The number of hydrogen-bond acceptors (Lipinski definition) is 4. The Balaban J connectivity index is 2.52. The zero-order valence-corrected chi connectivity index (χ0v) is 12.6. The van der Waals surface area contributed by atoms with Crippen molar-refractivity contribution < 1.29 is 4.74 Å². The van der Waals surface area contributed by atoms with Crippen LogP contribution in [-0.4, -0.2) is 26.8 Å². The SMILES string of the molecule is CCCOCCNc1cc(N)c(CNC)c(Br)c1. The second kappa shape index (κ2) is 8.34. The third-order valence-electron chi connectivity index (χ3n) is 2.51. The highest BCUT2D eigenvalue weighted by atomic mass is 79.9. The fraction of sp³-hybridized carbons (Fsp3) is 0.538. The van der Waals surface area contributed by atoms with E-state index < -0.39 is 0 Å². The predicted octanol–water partition coefficient (Wildman–Crippen LogP) is 2.59. The lowest BCUT2D eigenvalue weighted by Crippen LogP contribution is -2.12. The predicted molar refractivity (Wildman–Crippen MR) is 80.9 cm³/mol. The first-order valence-electron chi connectivity index (χ1n) is 6.23.